The fourth-order valence-corrected chi connectivity index (χ4v) is 7.45. The fraction of sp³-hybridized carbons (Fsp3) is 0.316. The first-order chi connectivity index (χ1) is 22.1. The van der Waals surface area contributed by atoms with E-state index in [2.05, 4.69) is 5.32 Å². The maximum Gasteiger partial charge on any atom is 0.264 e. The maximum atomic E-state index is 14.7. The third kappa shape index (κ3) is 8.04. The summed E-state index contributed by atoms with van der Waals surface area (Å²) >= 11 is 0. The Hall–Kier alpha value is -4.43. The van der Waals surface area contributed by atoms with Gasteiger partial charge in [0.2, 0.25) is 11.8 Å². The number of aryl methyl sites for hydroxylation is 3. The van der Waals surface area contributed by atoms with Crippen LogP contribution in [0.1, 0.15) is 53.5 Å². The molecule has 240 valence electrons. The van der Waals surface area contributed by atoms with Gasteiger partial charge in [-0.05, 0) is 80.1 Å². The van der Waals surface area contributed by atoms with Crippen LogP contribution in [-0.2, 0) is 32.6 Å². The molecule has 2 amide bonds. The molecule has 8 heteroatoms. The second-order valence-electron chi connectivity index (χ2n) is 12.3. The Bertz CT molecular complexity index is 1750. The summed E-state index contributed by atoms with van der Waals surface area (Å²) in [5, 5.41) is 3.22. The molecule has 4 aromatic carbocycles. The minimum atomic E-state index is -4.14. The van der Waals surface area contributed by atoms with E-state index >= 15 is 0 Å². The number of nitrogens with one attached hydrogen (secondary N) is 1. The summed E-state index contributed by atoms with van der Waals surface area (Å²) in [6.07, 6.45) is 4.23. The maximum absolute atomic E-state index is 14.7. The molecule has 0 aromatic heterocycles. The highest BCUT2D eigenvalue weighted by molar-refractivity contribution is 7.92. The predicted octanol–water partition coefficient (Wildman–Crippen LogP) is 6.51. The molecule has 0 heterocycles. The van der Waals surface area contributed by atoms with Gasteiger partial charge in [0, 0.05) is 19.0 Å². The van der Waals surface area contributed by atoms with Crippen molar-refractivity contribution in [3.63, 3.8) is 0 Å². The van der Waals surface area contributed by atoms with E-state index in [0.29, 0.717) is 12.1 Å². The van der Waals surface area contributed by atoms with E-state index in [4.69, 9.17) is 0 Å². The van der Waals surface area contributed by atoms with Crippen molar-refractivity contribution < 1.29 is 18.0 Å². The molecule has 1 saturated carbocycles. The van der Waals surface area contributed by atoms with Crippen LogP contribution >= 0.6 is 0 Å². The monoisotopic (exact) mass is 637 g/mol. The number of sulfonamides is 1. The summed E-state index contributed by atoms with van der Waals surface area (Å²) in [5.41, 5.74) is 4.98. The molecule has 1 aliphatic rings. The van der Waals surface area contributed by atoms with Crippen LogP contribution in [0.3, 0.4) is 0 Å². The van der Waals surface area contributed by atoms with Crippen molar-refractivity contribution in [3.05, 3.63) is 131 Å². The van der Waals surface area contributed by atoms with Crippen molar-refractivity contribution in [2.24, 2.45) is 0 Å². The first-order valence-corrected chi connectivity index (χ1v) is 17.4. The molecule has 0 spiro atoms. The second kappa shape index (κ2) is 14.8. The molecule has 0 saturated heterocycles. The molecule has 1 unspecified atom stereocenters. The van der Waals surface area contributed by atoms with Gasteiger partial charge in [0.05, 0.1) is 10.6 Å². The van der Waals surface area contributed by atoms with Crippen LogP contribution in [0.25, 0.3) is 0 Å². The third-order valence-electron chi connectivity index (χ3n) is 8.75. The summed E-state index contributed by atoms with van der Waals surface area (Å²) in [6, 6.07) is 30.4. The van der Waals surface area contributed by atoms with Gasteiger partial charge in [-0.3, -0.25) is 13.9 Å². The zero-order valence-corrected chi connectivity index (χ0v) is 27.7. The largest absolute Gasteiger partial charge is 0.352 e. The Morgan fingerprint density at radius 1 is 0.804 bits per heavy atom. The van der Waals surface area contributed by atoms with Crippen LogP contribution < -0.4 is 9.62 Å². The van der Waals surface area contributed by atoms with Crippen LogP contribution in [0.15, 0.2) is 108 Å². The van der Waals surface area contributed by atoms with Crippen molar-refractivity contribution in [1.29, 1.82) is 0 Å². The summed E-state index contributed by atoms with van der Waals surface area (Å²) in [6.45, 7) is 5.45. The van der Waals surface area contributed by atoms with Gasteiger partial charge in [0.1, 0.15) is 12.6 Å². The van der Waals surface area contributed by atoms with Gasteiger partial charge in [-0.1, -0.05) is 97.3 Å². The summed E-state index contributed by atoms with van der Waals surface area (Å²) in [7, 11) is -4.14. The first-order valence-electron chi connectivity index (χ1n) is 16.0. The lowest BCUT2D eigenvalue weighted by molar-refractivity contribution is -0.140. The van der Waals surface area contributed by atoms with Gasteiger partial charge >= 0.3 is 0 Å². The number of anilines is 1. The quantitative estimate of drug-likeness (QED) is 0.192. The van der Waals surface area contributed by atoms with E-state index in [-0.39, 0.29) is 23.4 Å². The summed E-state index contributed by atoms with van der Waals surface area (Å²) in [4.78, 5) is 30.5. The lowest BCUT2D eigenvalue weighted by Gasteiger charge is -2.34. The third-order valence-corrected chi connectivity index (χ3v) is 10.5. The van der Waals surface area contributed by atoms with Gasteiger partial charge in [-0.25, -0.2) is 8.42 Å². The van der Waals surface area contributed by atoms with Crippen LogP contribution in [0.4, 0.5) is 5.69 Å². The van der Waals surface area contributed by atoms with Crippen LogP contribution in [0.2, 0.25) is 0 Å². The lowest BCUT2D eigenvalue weighted by atomic mass is 10.0. The number of rotatable bonds is 12. The van der Waals surface area contributed by atoms with E-state index in [9.17, 15) is 18.0 Å². The average Bonchev–Trinajstić information content (AvgIpc) is 3.56. The standard InChI is InChI=1S/C38H43N3O4S/c1-28-20-22-35(23-21-28)46(44,45)41(34-19-11-12-29(2)24-34)27-37(42)40(26-32-16-8-7-13-30(32)3)36(25-31-14-5-4-6-15-31)38(43)39-33-17-9-10-18-33/h4-8,11-16,19-24,33,36H,9-10,17-18,25-27H2,1-3H3,(H,39,43). The van der Waals surface area contributed by atoms with E-state index in [1.165, 1.54) is 4.31 Å². The van der Waals surface area contributed by atoms with Gasteiger partial charge < -0.3 is 10.2 Å². The van der Waals surface area contributed by atoms with Gasteiger partial charge in [0.15, 0.2) is 0 Å². The first kappa shape index (κ1) is 32.9. The predicted molar refractivity (Wildman–Crippen MR) is 183 cm³/mol. The summed E-state index contributed by atoms with van der Waals surface area (Å²) in [5.74, 6) is -0.677. The highest BCUT2D eigenvalue weighted by atomic mass is 32.2. The average molecular weight is 638 g/mol. The van der Waals surface area contributed by atoms with Crippen molar-refractivity contribution in [1.82, 2.24) is 10.2 Å². The molecule has 1 N–H and O–H groups in total. The molecule has 7 nitrogen and oxygen atoms in total. The van der Waals surface area contributed by atoms with Crippen LogP contribution in [0, 0.1) is 20.8 Å². The number of hydrogen-bond donors (Lipinski definition) is 1. The number of carbonyl (C=O) groups excluding carboxylic acids is 2. The molecule has 0 aliphatic heterocycles. The molecule has 1 aliphatic carbocycles. The highest BCUT2D eigenvalue weighted by Gasteiger charge is 2.35. The topological polar surface area (TPSA) is 86.8 Å². The number of hydrogen-bond acceptors (Lipinski definition) is 4. The summed E-state index contributed by atoms with van der Waals surface area (Å²) < 4.78 is 29.6. The number of nitrogens with zero attached hydrogens (tertiary/aromatic N) is 2. The Kier molecular flexibility index (Phi) is 10.6. The minimum absolute atomic E-state index is 0.0619. The van der Waals surface area contributed by atoms with Crippen molar-refractivity contribution >= 4 is 27.5 Å². The molecule has 4 aromatic rings. The highest BCUT2D eigenvalue weighted by Crippen LogP contribution is 2.27. The van der Waals surface area contributed by atoms with E-state index < -0.39 is 28.5 Å². The minimum Gasteiger partial charge on any atom is -0.352 e. The Morgan fingerprint density at radius 2 is 1.48 bits per heavy atom. The van der Waals surface area contributed by atoms with Gasteiger partial charge in [0.25, 0.3) is 10.0 Å². The Labute approximate surface area is 273 Å². The van der Waals surface area contributed by atoms with Gasteiger partial charge in [-0.15, -0.1) is 0 Å². The molecule has 46 heavy (non-hydrogen) atoms. The molecule has 0 radical (unpaired) electrons. The molecular weight excluding hydrogens is 595 g/mol. The molecule has 0 bridgehead atoms. The van der Waals surface area contributed by atoms with Gasteiger partial charge in [-0.2, -0.15) is 0 Å². The Balaban J connectivity index is 1.57. The normalized spacial score (nSPS) is 14.1. The Morgan fingerprint density at radius 3 is 2.15 bits per heavy atom. The van der Waals surface area contributed by atoms with Crippen molar-refractivity contribution in [3.8, 4) is 0 Å². The smallest absolute Gasteiger partial charge is 0.264 e. The molecule has 5 rings (SSSR count). The molecule has 1 atom stereocenters. The zero-order valence-electron chi connectivity index (χ0n) is 26.9. The molecular formula is C38H43N3O4S. The fourth-order valence-electron chi connectivity index (χ4n) is 6.04. The number of amides is 2. The lowest BCUT2D eigenvalue weighted by Crippen LogP contribution is -2.54. The SMILES string of the molecule is Cc1ccc(S(=O)(=O)N(CC(=O)N(Cc2ccccc2C)C(Cc2ccccc2)C(=O)NC2CCCC2)c2cccc(C)c2)cc1. The van der Waals surface area contributed by atoms with E-state index in [0.717, 1.165) is 53.5 Å². The van der Waals surface area contributed by atoms with E-state index in [1.54, 1.807) is 47.4 Å². The van der Waals surface area contributed by atoms with Crippen LogP contribution in [0.5, 0.6) is 0 Å². The number of benzene rings is 4. The zero-order chi connectivity index (χ0) is 32.7. The van der Waals surface area contributed by atoms with Crippen LogP contribution in [-0.4, -0.2) is 43.8 Å². The van der Waals surface area contributed by atoms with Crippen molar-refractivity contribution in [2.45, 2.75) is 76.4 Å². The number of carbonyl (C=O) groups is 2. The van der Waals surface area contributed by atoms with Crippen molar-refractivity contribution in [2.75, 3.05) is 10.8 Å². The van der Waals surface area contributed by atoms with E-state index in [1.807, 2.05) is 81.4 Å². The molecule has 1 fully saturated rings. The second-order valence-corrected chi connectivity index (χ2v) is 14.2.